The first kappa shape index (κ1) is 15.3. The van der Waals surface area contributed by atoms with E-state index in [1.165, 1.54) is 13.2 Å². The summed E-state index contributed by atoms with van der Waals surface area (Å²) in [5.74, 6) is -0.190. The van der Waals surface area contributed by atoms with Crippen molar-refractivity contribution >= 4 is 17.4 Å². The molecule has 118 valence electrons. The van der Waals surface area contributed by atoms with Crippen LogP contribution in [0.15, 0.2) is 48.5 Å². The van der Waals surface area contributed by atoms with Crippen LogP contribution in [0.3, 0.4) is 0 Å². The van der Waals surface area contributed by atoms with E-state index in [1.54, 1.807) is 42.5 Å². The van der Waals surface area contributed by atoms with Crippen molar-refractivity contribution in [3.05, 3.63) is 69.8 Å². The van der Waals surface area contributed by atoms with Gasteiger partial charge in [0, 0.05) is 5.56 Å². The molecule has 0 bridgehead atoms. The van der Waals surface area contributed by atoms with Gasteiger partial charge in [-0.05, 0) is 29.8 Å². The summed E-state index contributed by atoms with van der Waals surface area (Å²) in [4.78, 5) is 21.0. The second-order valence-electron chi connectivity index (χ2n) is 5.00. The maximum absolute atomic E-state index is 12.7. The summed E-state index contributed by atoms with van der Waals surface area (Å²) in [7, 11) is 1.43. The fourth-order valence-electron chi connectivity index (χ4n) is 2.60. The van der Waals surface area contributed by atoms with Gasteiger partial charge in [0.05, 0.1) is 17.6 Å². The van der Waals surface area contributed by atoms with E-state index in [9.17, 15) is 14.9 Å². The number of alkyl halides is 1. The molecule has 0 radical (unpaired) electrons. The van der Waals surface area contributed by atoms with Crippen LogP contribution >= 0.6 is 11.6 Å². The van der Waals surface area contributed by atoms with Gasteiger partial charge in [-0.2, -0.15) is 0 Å². The second-order valence-corrected chi connectivity index (χ2v) is 5.57. The number of hydrogen-bond donors (Lipinski definition) is 0. The number of nitro groups is 1. The molecule has 1 aliphatic rings. The molecule has 0 saturated carbocycles. The molecule has 2 aromatic rings. The van der Waals surface area contributed by atoms with E-state index < -0.39 is 21.8 Å². The average molecular weight is 334 g/mol. The molecule has 2 aromatic carbocycles. The Morgan fingerprint density at radius 3 is 2.57 bits per heavy atom. The number of carbonyl (C=O) groups excluding carboxylic acids is 1. The largest absolute Gasteiger partial charge is 0.496 e. The second kappa shape index (κ2) is 5.55. The first-order chi connectivity index (χ1) is 11.0. The van der Waals surface area contributed by atoms with Gasteiger partial charge in [-0.15, -0.1) is 0 Å². The number of ketones is 1. The number of para-hydroxylation sites is 2. The summed E-state index contributed by atoms with van der Waals surface area (Å²) >= 11 is 6.19. The highest BCUT2D eigenvalue weighted by molar-refractivity contribution is 6.37. The number of hydrogen-bond acceptors (Lipinski definition) is 5. The Kier molecular flexibility index (Phi) is 3.69. The average Bonchev–Trinajstić information content (AvgIpc) is 2.58. The van der Waals surface area contributed by atoms with Crippen LogP contribution in [-0.2, 0) is 0 Å². The number of rotatable bonds is 3. The van der Waals surface area contributed by atoms with Crippen LogP contribution < -0.4 is 9.47 Å². The van der Waals surface area contributed by atoms with Gasteiger partial charge in [-0.25, -0.2) is 0 Å². The van der Waals surface area contributed by atoms with Crippen LogP contribution in [0.25, 0.3) is 0 Å². The van der Waals surface area contributed by atoms with Crippen LogP contribution in [0.5, 0.6) is 11.5 Å². The first-order valence-electron chi connectivity index (χ1n) is 6.77. The van der Waals surface area contributed by atoms with Gasteiger partial charge >= 0.3 is 5.00 Å². The monoisotopic (exact) mass is 333 g/mol. The number of nitrogens with zero attached hydrogens (tertiary/aromatic N) is 1. The van der Waals surface area contributed by atoms with Crippen molar-refractivity contribution in [2.24, 2.45) is 0 Å². The van der Waals surface area contributed by atoms with Gasteiger partial charge in [0.2, 0.25) is 6.10 Å². The minimum absolute atomic E-state index is 0.0883. The highest BCUT2D eigenvalue weighted by Gasteiger charge is 2.62. The fourth-order valence-corrected chi connectivity index (χ4v) is 2.87. The van der Waals surface area contributed by atoms with Crippen molar-refractivity contribution in [3.63, 3.8) is 0 Å². The number of methoxy groups -OCH3 is 1. The molecule has 0 N–H and O–H groups in total. The Morgan fingerprint density at radius 1 is 1.22 bits per heavy atom. The molecular weight excluding hydrogens is 322 g/mol. The van der Waals surface area contributed by atoms with Gasteiger partial charge in [0.15, 0.2) is 0 Å². The Bertz CT molecular complexity index is 794. The van der Waals surface area contributed by atoms with E-state index in [4.69, 9.17) is 21.1 Å². The lowest BCUT2D eigenvalue weighted by atomic mass is 9.90. The van der Waals surface area contributed by atoms with Crippen LogP contribution in [0.2, 0.25) is 0 Å². The summed E-state index contributed by atoms with van der Waals surface area (Å²) in [6.45, 7) is 0. The van der Waals surface area contributed by atoms with Crippen LogP contribution in [0.1, 0.15) is 22.0 Å². The van der Waals surface area contributed by atoms with Gasteiger partial charge in [-0.3, -0.25) is 14.9 Å². The van der Waals surface area contributed by atoms with Crippen LogP contribution in [0.4, 0.5) is 0 Å². The predicted octanol–water partition coefficient (Wildman–Crippen LogP) is 3.22. The zero-order chi connectivity index (χ0) is 16.6. The molecule has 0 fully saturated rings. The Hall–Kier alpha value is -2.60. The van der Waals surface area contributed by atoms with Crippen molar-refractivity contribution in [2.45, 2.75) is 11.1 Å². The third kappa shape index (κ3) is 2.22. The fraction of sp³-hybridized carbons (Fsp3) is 0.188. The van der Waals surface area contributed by atoms with E-state index in [1.807, 2.05) is 0 Å². The van der Waals surface area contributed by atoms with E-state index in [0.29, 0.717) is 11.3 Å². The summed E-state index contributed by atoms with van der Waals surface area (Å²) in [5.41, 5.74) is 0.426. The molecule has 3 rings (SSSR count). The Balaban J connectivity index is 2.22. The summed E-state index contributed by atoms with van der Waals surface area (Å²) in [6, 6.07) is 12.9. The molecule has 0 saturated heterocycles. The first-order valence-corrected chi connectivity index (χ1v) is 7.14. The maximum Gasteiger partial charge on any atom is 0.397 e. The number of carbonyl (C=O) groups is 1. The number of halogens is 1. The standard InChI is InChI=1S/C16H12ClNO5/c1-22-12-8-4-3-7-11(12)15-16(17,18(20)21)14(19)10-6-2-5-9-13(10)23-15/h2-9,15H,1H3/t15-,16+/m1/s1. The molecule has 0 amide bonds. The molecule has 6 nitrogen and oxygen atoms in total. The van der Waals surface area contributed by atoms with E-state index in [0.717, 1.165) is 0 Å². The minimum atomic E-state index is -2.46. The highest BCUT2D eigenvalue weighted by Crippen LogP contribution is 2.47. The number of Topliss-reactive ketones (excluding diaryl/α,β-unsaturated/α-hetero) is 1. The molecule has 1 aliphatic heterocycles. The molecule has 2 atom stereocenters. The summed E-state index contributed by atoms with van der Waals surface area (Å²) < 4.78 is 11.0. The highest BCUT2D eigenvalue weighted by atomic mass is 35.5. The third-order valence-corrected chi connectivity index (χ3v) is 4.24. The lowest BCUT2D eigenvalue weighted by molar-refractivity contribution is -0.536. The number of fused-ring (bicyclic) bond motifs is 1. The van der Waals surface area contributed by atoms with Gasteiger partial charge in [-0.1, -0.05) is 30.3 Å². The van der Waals surface area contributed by atoms with E-state index >= 15 is 0 Å². The smallest absolute Gasteiger partial charge is 0.397 e. The van der Waals surface area contributed by atoms with E-state index in [-0.39, 0.29) is 11.3 Å². The lowest BCUT2D eigenvalue weighted by Crippen LogP contribution is -2.51. The Morgan fingerprint density at radius 2 is 1.87 bits per heavy atom. The lowest BCUT2D eigenvalue weighted by Gasteiger charge is -2.33. The zero-order valence-electron chi connectivity index (χ0n) is 12.1. The molecule has 1 heterocycles. The quantitative estimate of drug-likeness (QED) is 0.373. The molecule has 7 heteroatoms. The Labute approximate surface area is 136 Å². The molecule has 0 aliphatic carbocycles. The summed E-state index contributed by atoms with van der Waals surface area (Å²) in [6.07, 6.45) is -1.31. The zero-order valence-corrected chi connectivity index (χ0v) is 12.8. The van der Waals surface area contributed by atoms with Gasteiger partial charge in [0.1, 0.15) is 11.5 Å². The summed E-state index contributed by atoms with van der Waals surface area (Å²) in [5, 5.41) is 11.6. The van der Waals surface area contributed by atoms with E-state index in [2.05, 4.69) is 0 Å². The van der Waals surface area contributed by atoms with Crippen molar-refractivity contribution in [3.8, 4) is 11.5 Å². The number of benzene rings is 2. The predicted molar refractivity (Wildman–Crippen MR) is 82.7 cm³/mol. The third-order valence-electron chi connectivity index (χ3n) is 3.73. The van der Waals surface area contributed by atoms with Crippen molar-refractivity contribution < 1.29 is 19.2 Å². The molecule has 0 unspecified atom stereocenters. The van der Waals surface area contributed by atoms with Crippen LogP contribution in [-0.4, -0.2) is 22.8 Å². The molecule has 0 aromatic heterocycles. The normalized spacial score (nSPS) is 22.9. The SMILES string of the molecule is COc1ccccc1[C@H]1Oc2ccccc2C(=O)[C@]1(Cl)[N+](=O)[O-]. The maximum atomic E-state index is 12.7. The molecular formula is C16H12ClNO5. The van der Waals surface area contributed by atoms with Gasteiger partial charge < -0.3 is 9.47 Å². The number of ether oxygens (including phenoxy) is 2. The van der Waals surface area contributed by atoms with Crippen LogP contribution in [0, 0.1) is 10.1 Å². The topological polar surface area (TPSA) is 78.7 Å². The van der Waals surface area contributed by atoms with Crippen molar-refractivity contribution in [1.82, 2.24) is 0 Å². The molecule has 0 spiro atoms. The van der Waals surface area contributed by atoms with Crippen molar-refractivity contribution in [2.75, 3.05) is 7.11 Å². The minimum Gasteiger partial charge on any atom is -0.496 e. The molecule has 23 heavy (non-hydrogen) atoms. The van der Waals surface area contributed by atoms with Gasteiger partial charge in [0.25, 0.3) is 5.78 Å². The van der Waals surface area contributed by atoms with Crippen molar-refractivity contribution in [1.29, 1.82) is 0 Å².